The Morgan fingerprint density at radius 3 is 1.27 bits per heavy atom. The Balaban J connectivity index is 0.000000444. The van der Waals surface area contributed by atoms with Crippen LogP contribution < -0.4 is 4.57 Å². The average Bonchev–Trinajstić information content (AvgIpc) is 3.06. The highest BCUT2D eigenvalue weighted by Gasteiger charge is 2.37. The molecule has 0 saturated carbocycles. The molecule has 1 heterocycles. The first kappa shape index (κ1) is 31.4. The first-order chi connectivity index (χ1) is 21.6. The topological polar surface area (TPSA) is 61.1 Å². The summed E-state index contributed by atoms with van der Waals surface area (Å²) in [5.41, 5.74) is 5.24. The predicted molar refractivity (Wildman–Crippen MR) is 169 cm³/mol. The van der Waals surface area contributed by atoms with Gasteiger partial charge < -0.3 is 4.55 Å². The van der Waals surface area contributed by atoms with Crippen molar-refractivity contribution >= 4 is 10.1 Å². The maximum Gasteiger partial charge on any atom is 0.485 e. The molecule has 8 heteroatoms. The van der Waals surface area contributed by atoms with Crippen LogP contribution in [0.5, 0.6) is 0 Å². The molecule has 45 heavy (non-hydrogen) atoms. The molecule has 0 spiro atoms. The lowest BCUT2D eigenvalue weighted by molar-refractivity contribution is -0.572. The number of alkyl halides is 3. The van der Waals surface area contributed by atoms with Crippen LogP contribution in [-0.4, -0.2) is 18.5 Å². The number of nitrogens with zero attached hydrogens (tertiary/aromatic N) is 1. The van der Waals surface area contributed by atoms with Gasteiger partial charge in [-0.15, -0.1) is 0 Å². The van der Waals surface area contributed by atoms with Crippen LogP contribution in [0.3, 0.4) is 0 Å². The Morgan fingerprint density at radius 2 is 0.867 bits per heavy atom. The standard InChI is InChI=1S/C36H28N.CHF3O3S/c1-5-13-28(14-6-1)25-29-21-23-34(24-22-29)37-35(31-17-9-3-10-18-31)26-33(30-15-7-2-8-16-30)27-36(37)32-19-11-4-12-20-32;2-1(3,4)8(5,6)7/h1-24,26-27H,25H2;(H,5,6,7)/q+1;/p-1. The van der Waals surface area contributed by atoms with Gasteiger partial charge in [-0.2, -0.15) is 17.7 Å². The maximum atomic E-state index is 10.7. The van der Waals surface area contributed by atoms with Crippen molar-refractivity contribution in [2.45, 2.75) is 11.9 Å². The summed E-state index contributed by atoms with van der Waals surface area (Å²) in [4.78, 5) is 0. The van der Waals surface area contributed by atoms with Crippen molar-refractivity contribution in [1.29, 1.82) is 0 Å². The Morgan fingerprint density at radius 1 is 0.511 bits per heavy atom. The van der Waals surface area contributed by atoms with Gasteiger partial charge in [-0.05, 0) is 52.9 Å². The lowest BCUT2D eigenvalue weighted by Crippen LogP contribution is -2.36. The minimum absolute atomic E-state index is 0.926. The second-order valence-electron chi connectivity index (χ2n) is 10.2. The predicted octanol–water partition coefficient (Wildman–Crippen LogP) is 8.61. The third kappa shape index (κ3) is 7.92. The Hall–Kier alpha value is -5.05. The van der Waals surface area contributed by atoms with Gasteiger partial charge in [0.25, 0.3) is 0 Å². The molecule has 1 aromatic heterocycles. The van der Waals surface area contributed by atoms with Gasteiger partial charge in [-0.3, -0.25) is 0 Å². The van der Waals surface area contributed by atoms with Gasteiger partial charge in [0.2, 0.25) is 17.1 Å². The van der Waals surface area contributed by atoms with Crippen molar-refractivity contribution < 1.29 is 30.7 Å². The Kier molecular flexibility index (Phi) is 9.56. The monoisotopic (exact) mass is 623 g/mol. The molecule has 0 unspecified atom stereocenters. The largest absolute Gasteiger partial charge is 0.741 e. The zero-order valence-electron chi connectivity index (χ0n) is 23.9. The van der Waals surface area contributed by atoms with Crippen molar-refractivity contribution in [3.63, 3.8) is 0 Å². The first-order valence-corrected chi connectivity index (χ1v) is 15.4. The van der Waals surface area contributed by atoms with E-state index in [1.165, 1.54) is 33.4 Å². The fourth-order valence-electron chi connectivity index (χ4n) is 4.91. The molecular weight excluding hydrogens is 595 g/mol. The quantitative estimate of drug-likeness (QED) is 0.106. The van der Waals surface area contributed by atoms with Crippen LogP contribution in [-0.2, 0) is 16.5 Å². The number of rotatable bonds is 6. The molecule has 0 aliphatic heterocycles. The highest BCUT2D eigenvalue weighted by atomic mass is 32.2. The lowest BCUT2D eigenvalue weighted by atomic mass is 9.98. The molecular formula is C37H28F3NO3S. The lowest BCUT2D eigenvalue weighted by Gasteiger charge is -2.13. The van der Waals surface area contributed by atoms with E-state index >= 15 is 0 Å². The Labute approximate surface area is 260 Å². The molecule has 0 saturated heterocycles. The summed E-state index contributed by atoms with van der Waals surface area (Å²) < 4.78 is 61.3. The molecule has 4 nitrogen and oxygen atoms in total. The Bertz CT molecular complexity index is 1890. The minimum atomic E-state index is -6.09. The highest BCUT2D eigenvalue weighted by Crippen LogP contribution is 2.30. The van der Waals surface area contributed by atoms with Crippen LogP contribution in [0.1, 0.15) is 11.1 Å². The smallest absolute Gasteiger partial charge is 0.485 e. The molecule has 6 aromatic rings. The van der Waals surface area contributed by atoms with Gasteiger partial charge in [0.05, 0.1) is 0 Å². The summed E-state index contributed by atoms with van der Waals surface area (Å²) in [6.07, 6.45) is 0.926. The fourth-order valence-corrected chi connectivity index (χ4v) is 4.91. The third-order valence-corrected chi connectivity index (χ3v) is 7.61. The summed E-state index contributed by atoms with van der Waals surface area (Å²) in [7, 11) is -6.09. The number of halogens is 3. The van der Waals surface area contributed by atoms with Gasteiger partial charge in [0.15, 0.2) is 10.1 Å². The van der Waals surface area contributed by atoms with E-state index in [-0.39, 0.29) is 0 Å². The van der Waals surface area contributed by atoms with Crippen LogP contribution in [0.25, 0.3) is 39.3 Å². The number of pyridine rings is 1. The van der Waals surface area contributed by atoms with Crippen LogP contribution in [0, 0.1) is 0 Å². The van der Waals surface area contributed by atoms with E-state index in [0.29, 0.717) is 0 Å². The van der Waals surface area contributed by atoms with Gasteiger partial charge in [0.1, 0.15) is 0 Å². The highest BCUT2D eigenvalue weighted by molar-refractivity contribution is 7.86. The van der Waals surface area contributed by atoms with Crippen molar-refractivity contribution in [3.05, 3.63) is 169 Å². The molecule has 0 aliphatic carbocycles. The summed E-state index contributed by atoms with van der Waals surface area (Å²) in [5, 5.41) is 0. The van der Waals surface area contributed by atoms with E-state index in [0.717, 1.165) is 23.5 Å². The van der Waals surface area contributed by atoms with Gasteiger partial charge in [-0.1, -0.05) is 109 Å². The average molecular weight is 624 g/mol. The molecule has 0 N–H and O–H groups in total. The zero-order valence-corrected chi connectivity index (χ0v) is 24.7. The molecule has 0 atom stereocenters. The summed E-state index contributed by atoms with van der Waals surface area (Å²) in [6, 6.07) is 56.3. The molecule has 6 rings (SSSR count). The molecule has 0 amide bonds. The van der Waals surface area contributed by atoms with E-state index in [1.807, 2.05) is 0 Å². The summed E-state index contributed by atoms with van der Waals surface area (Å²) in [6.45, 7) is 0. The van der Waals surface area contributed by atoms with Gasteiger partial charge in [0, 0.05) is 35.4 Å². The summed E-state index contributed by atoms with van der Waals surface area (Å²) in [5.74, 6) is 0. The number of aromatic nitrogens is 1. The van der Waals surface area contributed by atoms with Crippen molar-refractivity contribution in [1.82, 2.24) is 0 Å². The van der Waals surface area contributed by atoms with Crippen LogP contribution >= 0.6 is 0 Å². The molecule has 0 bridgehead atoms. The number of benzene rings is 5. The summed E-state index contributed by atoms with van der Waals surface area (Å²) >= 11 is 0. The van der Waals surface area contributed by atoms with Crippen LogP contribution in [0.15, 0.2) is 158 Å². The first-order valence-electron chi connectivity index (χ1n) is 14.0. The van der Waals surface area contributed by atoms with E-state index in [1.54, 1.807) is 0 Å². The van der Waals surface area contributed by atoms with E-state index in [4.69, 9.17) is 13.0 Å². The van der Waals surface area contributed by atoms with Crippen LogP contribution in [0.2, 0.25) is 0 Å². The number of hydrogen-bond donors (Lipinski definition) is 0. The number of hydrogen-bond acceptors (Lipinski definition) is 3. The SMILES string of the molecule is O=S(=O)([O-])C(F)(F)F.c1ccc(Cc2ccc(-[n+]3c(-c4ccccc4)cc(-c4ccccc4)cc3-c3ccccc3)cc2)cc1. The van der Waals surface area contributed by atoms with Gasteiger partial charge >= 0.3 is 5.51 Å². The molecule has 0 aliphatic rings. The minimum Gasteiger partial charge on any atom is -0.741 e. The zero-order chi connectivity index (χ0) is 31.9. The van der Waals surface area contributed by atoms with E-state index < -0.39 is 15.6 Å². The van der Waals surface area contributed by atoms with Gasteiger partial charge in [-0.25, -0.2) is 8.42 Å². The van der Waals surface area contributed by atoms with E-state index in [2.05, 4.69) is 162 Å². The molecule has 226 valence electrons. The molecule has 0 fully saturated rings. The normalized spacial score (nSPS) is 11.4. The molecule has 5 aromatic carbocycles. The van der Waals surface area contributed by atoms with Crippen LogP contribution in [0.4, 0.5) is 13.2 Å². The molecule has 0 radical (unpaired) electrons. The second kappa shape index (κ2) is 13.7. The van der Waals surface area contributed by atoms with E-state index in [9.17, 15) is 13.2 Å². The maximum absolute atomic E-state index is 10.7. The second-order valence-corrected chi connectivity index (χ2v) is 11.5. The van der Waals surface area contributed by atoms with Crippen molar-refractivity contribution in [2.75, 3.05) is 0 Å². The fraction of sp³-hybridized carbons (Fsp3) is 0.0541. The third-order valence-electron chi connectivity index (χ3n) is 7.04. The van der Waals surface area contributed by atoms with Crippen molar-refractivity contribution in [2.24, 2.45) is 0 Å². The van der Waals surface area contributed by atoms with Crippen molar-refractivity contribution in [3.8, 4) is 39.3 Å².